The maximum Gasteiger partial charge on any atom is 0.340 e. The molecule has 130 valence electrons. The lowest BCUT2D eigenvalue weighted by Crippen LogP contribution is -2.21. The van der Waals surface area contributed by atoms with Crippen LogP contribution >= 0.6 is 0 Å². The molecule has 0 saturated heterocycles. The van der Waals surface area contributed by atoms with E-state index in [1.807, 2.05) is 39.0 Å². The van der Waals surface area contributed by atoms with Crippen molar-refractivity contribution in [1.29, 1.82) is 0 Å². The highest BCUT2D eigenvalue weighted by Crippen LogP contribution is 2.25. The van der Waals surface area contributed by atoms with Crippen molar-refractivity contribution in [3.05, 3.63) is 39.7 Å². The molecule has 0 saturated carbocycles. The highest BCUT2D eigenvalue weighted by Gasteiger charge is 2.16. The Kier molecular flexibility index (Phi) is 5.81. The van der Waals surface area contributed by atoms with Crippen LogP contribution in [-0.2, 0) is 11.2 Å². The lowest BCUT2D eigenvalue weighted by Gasteiger charge is -2.21. The minimum Gasteiger partial charge on any atom is -0.422 e. The van der Waals surface area contributed by atoms with Crippen LogP contribution in [0, 0.1) is 12.8 Å². The third-order valence-electron chi connectivity index (χ3n) is 4.41. The molecule has 0 amide bonds. The standard InChI is InChI=1S/C20H27NO3/c1-6-21(7-2)15-8-9-17-14(5)18(12-16(22)10-13(3)4)20(23)24-19(17)11-15/h8-9,11,13H,6-7,10,12H2,1-5H3. The first-order valence-electron chi connectivity index (χ1n) is 8.70. The summed E-state index contributed by atoms with van der Waals surface area (Å²) in [5.74, 6) is 0.376. The average Bonchev–Trinajstić information content (AvgIpc) is 2.51. The molecular weight excluding hydrogens is 302 g/mol. The lowest BCUT2D eigenvalue weighted by atomic mass is 9.97. The number of rotatable bonds is 7. The van der Waals surface area contributed by atoms with Gasteiger partial charge >= 0.3 is 5.63 Å². The van der Waals surface area contributed by atoms with Gasteiger partial charge in [-0.25, -0.2) is 4.79 Å². The molecule has 0 N–H and O–H groups in total. The van der Waals surface area contributed by atoms with Crippen LogP contribution in [0.4, 0.5) is 5.69 Å². The molecule has 1 aromatic carbocycles. The molecule has 24 heavy (non-hydrogen) atoms. The van der Waals surface area contributed by atoms with Crippen LogP contribution in [-0.4, -0.2) is 18.9 Å². The Hall–Kier alpha value is -2.10. The van der Waals surface area contributed by atoms with Crippen molar-refractivity contribution < 1.29 is 9.21 Å². The van der Waals surface area contributed by atoms with Crippen molar-refractivity contribution in [2.75, 3.05) is 18.0 Å². The summed E-state index contributed by atoms with van der Waals surface area (Å²) in [5.41, 5.74) is 2.57. The Labute approximate surface area is 143 Å². The van der Waals surface area contributed by atoms with Gasteiger partial charge in [-0.15, -0.1) is 0 Å². The molecule has 4 nitrogen and oxygen atoms in total. The van der Waals surface area contributed by atoms with Gasteiger partial charge in [-0.1, -0.05) is 13.8 Å². The first kappa shape index (κ1) is 18.2. The number of benzene rings is 1. The maximum atomic E-state index is 12.4. The zero-order chi connectivity index (χ0) is 17.9. The van der Waals surface area contributed by atoms with Gasteiger partial charge in [0.25, 0.3) is 0 Å². The van der Waals surface area contributed by atoms with E-state index < -0.39 is 5.63 Å². The van der Waals surface area contributed by atoms with Crippen LogP contribution in [0.3, 0.4) is 0 Å². The number of ketones is 1. The second-order valence-corrected chi connectivity index (χ2v) is 6.66. The van der Waals surface area contributed by atoms with E-state index in [-0.39, 0.29) is 12.2 Å². The van der Waals surface area contributed by atoms with Gasteiger partial charge < -0.3 is 9.32 Å². The summed E-state index contributed by atoms with van der Waals surface area (Å²) in [7, 11) is 0. The molecular formula is C20H27NO3. The van der Waals surface area contributed by atoms with Crippen molar-refractivity contribution in [3.63, 3.8) is 0 Å². The monoisotopic (exact) mass is 329 g/mol. The fourth-order valence-corrected chi connectivity index (χ4v) is 3.10. The molecule has 0 fully saturated rings. The van der Waals surface area contributed by atoms with Gasteiger partial charge in [0.15, 0.2) is 0 Å². The van der Waals surface area contributed by atoms with Gasteiger partial charge in [0.2, 0.25) is 0 Å². The lowest BCUT2D eigenvalue weighted by molar-refractivity contribution is -0.119. The molecule has 0 spiro atoms. The van der Waals surface area contributed by atoms with E-state index in [0.29, 0.717) is 23.5 Å². The number of carbonyl (C=O) groups excluding carboxylic acids is 1. The summed E-state index contributed by atoms with van der Waals surface area (Å²) in [5, 5.41) is 0.901. The largest absolute Gasteiger partial charge is 0.422 e. The Balaban J connectivity index is 2.45. The predicted octanol–water partition coefficient (Wildman–Crippen LogP) is 4.11. The Morgan fingerprint density at radius 1 is 1.21 bits per heavy atom. The molecule has 0 aliphatic heterocycles. The summed E-state index contributed by atoms with van der Waals surface area (Å²) >= 11 is 0. The zero-order valence-electron chi connectivity index (χ0n) is 15.3. The molecule has 0 aliphatic carbocycles. The molecule has 0 radical (unpaired) electrons. The number of aryl methyl sites for hydroxylation is 1. The van der Waals surface area contributed by atoms with Crippen molar-refractivity contribution in [3.8, 4) is 0 Å². The first-order valence-corrected chi connectivity index (χ1v) is 8.70. The third-order valence-corrected chi connectivity index (χ3v) is 4.41. The van der Waals surface area contributed by atoms with Crippen LogP contribution in [0.15, 0.2) is 27.4 Å². The maximum absolute atomic E-state index is 12.4. The van der Waals surface area contributed by atoms with E-state index in [9.17, 15) is 9.59 Å². The highest BCUT2D eigenvalue weighted by molar-refractivity contribution is 5.87. The summed E-state index contributed by atoms with van der Waals surface area (Å²) in [4.78, 5) is 26.7. The van der Waals surface area contributed by atoms with Gasteiger partial charge in [0, 0.05) is 48.6 Å². The van der Waals surface area contributed by atoms with Gasteiger partial charge in [-0.05, 0) is 44.4 Å². The van der Waals surface area contributed by atoms with Gasteiger partial charge in [0.1, 0.15) is 11.4 Å². The molecule has 1 aromatic heterocycles. The molecule has 2 aromatic rings. The second-order valence-electron chi connectivity index (χ2n) is 6.66. The van der Waals surface area contributed by atoms with E-state index in [0.717, 1.165) is 29.7 Å². The van der Waals surface area contributed by atoms with E-state index in [1.165, 1.54) is 0 Å². The number of Topliss-reactive ketones (excluding diaryl/α,β-unsaturated/α-hetero) is 1. The van der Waals surface area contributed by atoms with Gasteiger partial charge in [0.05, 0.1) is 0 Å². The van der Waals surface area contributed by atoms with Crippen molar-refractivity contribution in [2.24, 2.45) is 5.92 Å². The minimum absolute atomic E-state index is 0.0829. The molecule has 1 heterocycles. The van der Waals surface area contributed by atoms with Crippen molar-refractivity contribution in [2.45, 2.75) is 47.5 Å². The smallest absolute Gasteiger partial charge is 0.340 e. The molecule has 0 unspecified atom stereocenters. The molecule has 0 aliphatic rings. The number of fused-ring (bicyclic) bond motifs is 1. The Morgan fingerprint density at radius 2 is 1.88 bits per heavy atom. The molecule has 0 atom stereocenters. The number of carbonyl (C=O) groups is 1. The number of anilines is 1. The normalized spacial score (nSPS) is 11.2. The number of hydrogen-bond acceptors (Lipinski definition) is 4. The van der Waals surface area contributed by atoms with Crippen molar-refractivity contribution >= 4 is 22.4 Å². The molecule has 2 rings (SSSR count). The zero-order valence-corrected chi connectivity index (χ0v) is 15.3. The summed E-state index contributed by atoms with van der Waals surface area (Å²) in [6, 6.07) is 5.94. The highest BCUT2D eigenvalue weighted by atomic mass is 16.4. The topological polar surface area (TPSA) is 50.5 Å². The van der Waals surface area contributed by atoms with Gasteiger partial charge in [-0.2, -0.15) is 0 Å². The van der Waals surface area contributed by atoms with E-state index in [4.69, 9.17) is 4.42 Å². The third kappa shape index (κ3) is 3.86. The first-order chi connectivity index (χ1) is 11.4. The average molecular weight is 329 g/mol. The summed E-state index contributed by atoms with van der Waals surface area (Å²) < 4.78 is 5.52. The fourth-order valence-electron chi connectivity index (χ4n) is 3.10. The quantitative estimate of drug-likeness (QED) is 0.718. The Bertz CT molecular complexity index is 785. The minimum atomic E-state index is -0.395. The van der Waals surface area contributed by atoms with Gasteiger partial charge in [-0.3, -0.25) is 4.79 Å². The predicted molar refractivity (Wildman–Crippen MR) is 98.9 cm³/mol. The van der Waals surface area contributed by atoms with E-state index in [1.54, 1.807) is 0 Å². The van der Waals surface area contributed by atoms with E-state index in [2.05, 4.69) is 18.7 Å². The Morgan fingerprint density at radius 3 is 2.46 bits per heavy atom. The van der Waals surface area contributed by atoms with Crippen LogP contribution in [0.2, 0.25) is 0 Å². The summed E-state index contributed by atoms with van der Waals surface area (Å²) in [6.07, 6.45) is 0.637. The van der Waals surface area contributed by atoms with Crippen LogP contribution in [0.25, 0.3) is 11.0 Å². The van der Waals surface area contributed by atoms with Crippen molar-refractivity contribution in [1.82, 2.24) is 0 Å². The SMILES string of the molecule is CCN(CC)c1ccc2c(C)c(CC(=O)CC(C)C)c(=O)oc2c1. The number of hydrogen-bond donors (Lipinski definition) is 0. The molecule has 0 bridgehead atoms. The number of nitrogens with zero attached hydrogens (tertiary/aromatic N) is 1. The van der Waals surface area contributed by atoms with Crippen LogP contribution in [0.1, 0.15) is 45.2 Å². The van der Waals surface area contributed by atoms with E-state index >= 15 is 0 Å². The fraction of sp³-hybridized carbons (Fsp3) is 0.500. The second kappa shape index (κ2) is 7.65. The summed E-state index contributed by atoms with van der Waals surface area (Å²) in [6.45, 7) is 11.9. The van der Waals surface area contributed by atoms with Crippen LogP contribution in [0.5, 0.6) is 0 Å². The van der Waals surface area contributed by atoms with Crippen LogP contribution < -0.4 is 10.5 Å². The molecule has 4 heteroatoms.